The van der Waals surface area contributed by atoms with Gasteiger partial charge in [-0.25, -0.2) is 0 Å². The van der Waals surface area contributed by atoms with Crippen LogP contribution in [-0.4, -0.2) is 34.2 Å². The molecule has 0 bridgehead atoms. The predicted molar refractivity (Wildman–Crippen MR) is 79.4 cm³/mol. The number of aromatic nitrogens is 1. The van der Waals surface area contributed by atoms with E-state index in [2.05, 4.69) is 35.0 Å². The third-order valence-corrected chi connectivity index (χ3v) is 5.06. The molecule has 1 N–H and O–H groups in total. The Morgan fingerprint density at radius 2 is 2.20 bits per heavy atom. The van der Waals surface area contributed by atoms with Gasteiger partial charge in [0.2, 0.25) is 0 Å². The van der Waals surface area contributed by atoms with E-state index in [1.54, 1.807) is 0 Å². The van der Waals surface area contributed by atoms with E-state index >= 15 is 0 Å². The first-order chi connectivity index (χ1) is 9.72. The van der Waals surface area contributed by atoms with E-state index in [1.165, 1.54) is 16.5 Å². The van der Waals surface area contributed by atoms with Crippen molar-refractivity contribution >= 4 is 10.9 Å². The standard InChI is InChI=1S/C17H20N2O/c1-11-4-5-12(14-3-2-6-18-17(11)14)8-19-9-13-7-16(20)15(13)10-19/h2-6,13,15-16,20H,7-10H2,1H3/t13-,15+,16-/m1/s1. The summed E-state index contributed by atoms with van der Waals surface area (Å²) in [6.45, 7) is 5.27. The van der Waals surface area contributed by atoms with Gasteiger partial charge in [-0.2, -0.15) is 0 Å². The number of nitrogens with zero attached hydrogens (tertiary/aromatic N) is 2. The first kappa shape index (κ1) is 12.3. The van der Waals surface area contributed by atoms with Gasteiger partial charge in [0.05, 0.1) is 11.6 Å². The van der Waals surface area contributed by atoms with Crippen molar-refractivity contribution in [2.45, 2.75) is 26.0 Å². The SMILES string of the molecule is Cc1ccc(CN2C[C@H]3C[C@@H](O)[C@H]3C2)c2cccnc12. The highest BCUT2D eigenvalue weighted by molar-refractivity contribution is 5.84. The number of likely N-dealkylation sites (tertiary alicyclic amines) is 1. The lowest BCUT2D eigenvalue weighted by molar-refractivity contribution is -0.00435. The van der Waals surface area contributed by atoms with Crippen molar-refractivity contribution < 1.29 is 5.11 Å². The lowest BCUT2D eigenvalue weighted by Crippen LogP contribution is -2.39. The summed E-state index contributed by atoms with van der Waals surface area (Å²) in [5.41, 5.74) is 3.71. The summed E-state index contributed by atoms with van der Waals surface area (Å²) in [6, 6.07) is 8.59. The second-order valence-electron chi connectivity index (χ2n) is 6.36. The van der Waals surface area contributed by atoms with E-state index in [0.717, 1.165) is 37.5 Å². The molecule has 2 heterocycles. The van der Waals surface area contributed by atoms with E-state index in [0.29, 0.717) is 5.92 Å². The zero-order valence-electron chi connectivity index (χ0n) is 11.8. The van der Waals surface area contributed by atoms with E-state index < -0.39 is 0 Å². The van der Waals surface area contributed by atoms with Gasteiger partial charge in [0, 0.05) is 37.1 Å². The quantitative estimate of drug-likeness (QED) is 0.908. The summed E-state index contributed by atoms with van der Waals surface area (Å²) in [7, 11) is 0. The lowest BCUT2D eigenvalue weighted by atomic mass is 9.74. The third kappa shape index (κ3) is 1.85. The fraction of sp³-hybridized carbons (Fsp3) is 0.471. The van der Waals surface area contributed by atoms with Crippen LogP contribution in [0.15, 0.2) is 30.5 Å². The number of pyridine rings is 1. The van der Waals surface area contributed by atoms with Crippen molar-refractivity contribution in [2.24, 2.45) is 11.8 Å². The number of rotatable bonds is 2. The first-order valence-electron chi connectivity index (χ1n) is 7.46. The number of hydrogen-bond donors (Lipinski definition) is 1. The minimum Gasteiger partial charge on any atom is -0.393 e. The number of aryl methyl sites for hydroxylation is 1. The highest BCUT2D eigenvalue weighted by atomic mass is 16.3. The molecule has 1 aliphatic carbocycles. The molecular formula is C17H20N2O. The third-order valence-electron chi connectivity index (χ3n) is 5.06. The van der Waals surface area contributed by atoms with Crippen LogP contribution in [0.25, 0.3) is 10.9 Å². The Balaban J connectivity index is 1.62. The number of aliphatic hydroxyl groups is 1. The maximum atomic E-state index is 9.77. The predicted octanol–water partition coefficient (Wildman–Crippen LogP) is 2.36. The van der Waals surface area contributed by atoms with Crippen LogP contribution in [0.5, 0.6) is 0 Å². The van der Waals surface area contributed by atoms with Gasteiger partial charge in [-0.15, -0.1) is 0 Å². The summed E-state index contributed by atoms with van der Waals surface area (Å²) in [5, 5.41) is 11.0. The molecule has 1 saturated heterocycles. The largest absolute Gasteiger partial charge is 0.393 e. The van der Waals surface area contributed by atoms with Gasteiger partial charge in [0.15, 0.2) is 0 Å². The number of benzene rings is 1. The van der Waals surface area contributed by atoms with Gasteiger partial charge in [0.1, 0.15) is 0 Å². The van der Waals surface area contributed by atoms with E-state index in [1.807, 2.05) is 12.3 Å². The van der Waals surface area contributed by atoms with Gasteiger partial charge in [-0.05, 0) is 36.5 Å². The summed E-state index contributed by atoms with van der Waals surface area (Å²) in [6.07, 6.45) is 2.81. The van der Waals surface area contributed by atoms with Crippen molar-refractivity contribution in [2.75, 3.05) is 13.1 Å². The molecule has 0 radical (unpaired) electrons. The second kappa shape index (κ2) is 4.54. The Morgan fingerprint density at radius 1 is 1.30 bits per heavy atom. The zero-order valence-corrected chi connectivity index (χ0v) is 11.8. The van der Waals surface area contributed by atoms with Crippen LogP contribution < -0.4 is 0 Å². The number of aliphatic hydroxyl groups excluding tert-OH is 1. The van der Waals surface area contributed by atoms with E-state index in [9.17, 15) is 5.11 Å². The fourth-order valence-corrected chi connectivity index (χ4v) is 3.84. The van der Waals surface area contributed by atoms with Gasteiger partial charge in [0.25, 0.3) is 0 Å². The Kier molecular flexibility index (Phi) is 2.79. The van der Waals surface area contributed by atoms with Gasteiger partial charge < -0.3 is 5.11 Å². The molecule has 4 rings (SSSR count). The topological polar surface area (TPSA) is 36.4 Å². The van der Waals surface area contributed by atoms with Crippen molar-refractivity contribution in [1.29, 1.82) is 0 Å². The molecule has 3 nitrogen and oxygen atoms in total. The molecule has 1 aromatic heterocycles. The highest BCUT2D eigenvalue weighted by Crippen LogP contribution is 2.41. The van der Waals surface area contributed by atoms with Crippen LogP contribution in [0.1, 0.15) is 17.5 Å². The minimum atomic E-state index is -0.0542. The number of fused-ring (bicyclic) bond motifs is 2. The molecule has 1 aliphatic heterocycles. The molecule has 2 aromatic rings. The van der Waals surface area contributed by atoms with Crippen LogP contribution in [0.2, 0.25) is 0 Å². The molecule has 0 unspecified atom stereocenters. The van der Waals surface area contributed by atoms with Crippen molar-refractivity contribution in [3.63, 3.8) is 0 Å². The molecule has 20 heavy (non-hydrogen) atoms. The van der Waals surface area contributed by atoms with Crippen LogP contribution in [0.4, 0.5) is 0 Å². The Bertz CT molecular complexity index is 654. The Hall–Kier alpha value is -1.45. The summed E-state index contributed by atoms with van der Waals surface area (Å²) < 4.78 is 0. The van der Waals surface area contributed by atoms with Crippen LogP contribution in [-0.2, 0) is 6.54 Å². The average Bonchev–Trinajstić information content (AvgIpc) is 2.79. The second-order valence-corrected chi connectivity index (χ2v) is 6.36. The van der Waals surface area contributed by atoms with Crippen molar-refractivity contribution in [3.8, 4) is 0 Å². The fourth-order valence-electron chi connectivity index (χ4n) is 3.84. The maximum absolute atomic E-state index is 9.77. The summed E-state index contributed by atoms with van der Waals surface area (Å²) in [4.78, 5) is 7.00. The first-order valence-corrected chi connectivity index (χ1v) is 7.46. The molecule has 0 spiro atoms. The van der Waals surface area contributed by atoms with Crippen LogP contribution in [0.3, 0.4) is 0 Å². The van der Waals surface area contributed by atoms with Crippen LogP contribution >= 0.6 is 0 Å². The molecule has 3 atom stereocenters. The normalized spacial score (nSPS) is 29.4. The molecule has 2 aliphatic rings. The summed E-state index contributed by atoms with van der Waals surface area (Å²) in [5.74, 6) is 1.24. The molecular weight excluding hydrogens is 248 g/mol. The summed E-state index contributed by atoms with van der Waals surface area (Å²) >= 11 is 0. The minimum absolute atomic E-state index is 0.0542. The average molecular weight is 268 g/mol. The van der Waals surface area contributed by atoms with Gasteiger partial charge >= 0.3 is 0 Å². The monoisotopic (exact) mass is 268 g/mol. The molecule has 3 heteroatoms. The molecule has 2 fully saturated rings. The van der Waals surface area contributed by atoms with Crippen molar-refractivity contribution in [3.05, 3.63) is 41.6 Å². The maximum Gasteiger partial charge on any atom is 0.0734 e. The Morgan fingerprint density at radius 3 is 3.00 bits per heavy atom. The molecule has 1 saturated carbocycles. The van der Waals surface area contributed by atoms with Crippen molar-refractivity contribution in [1.82, 2.24) is 9.88 Å². The number of hydrogen-bond acceptors (Lipinski definition) is 3. The Labute approximate surface area is 119 Å². The van der Waals surface area contributed by atoms with E-state index in [-0.39, 0.29) is 6.10 Å². The van der Waals surface area contributed by atoms with E-state index in [4.69, 9.17) is 0 Å². The molecule has 1 aromatic carbocycles. The van der Waals surface area contributed by atoms with Gasteiger partial charge in [-0.3, -0.25) is 9.88 Å². The smallest absolute Gasteiger partial charge is 0.0734 e. The highest BCUT2D eigenvalue weighted by Gasteiger charge is 2.45. The lowest BCUT2D eigenvalue weighted by Gasteiger charge is -2.35. The van der Waals surface area contributed by atoms with Crippen LogP contribution in [0, 0.1) is 18.8 Å². The van der Waals surface area contributed by atoms with Gasteiger partial charge in [-0.1, -0.05) is 18.2 Å². The molecule has 0 amide bonds. The molecule has 104 valence electrons. The zero-order chi connectivity index (χ0) is 13.7.